The number of esters is 2. The Morgan fingerprint density at radius 3 is 2.03 bits per heavy atom. The Morgan fingerprint density at radius 1 is 0.824 bits per heavy atom. The minimum atomic E-state index is -1.09. The van der Waals surface area contributed by atoms with Crippen LogP contribution < -0.4 is 9.47 Å². The number of fused-ring (bicyclic) bond motifs is 3. The van der Waals surface area contributed by atoms with Gasteiger partial charge in [-0.25, -0.2) is 23.7 Å². The van der Waals surface area contributed by atoms with E-state index in [1.165, 1.54) is 7.11 Å². The number of hydrogen-bond donors (Lipinski definition) is 0. The van der Waals surface area contributed by atoms with E-state index in [1.54, 1.807) is 38.1 Å². The van der Waals surface area contributed by atoms with E-state index in [0.29, 0.717) is 10.9 Å². The van der Waals surface area contributed by atoms with Crippen molar-refractivity contribution in [3.8, 4) is 11.5 Å². The van der Waals surface area contributed by atoms with Crippen molar-refractivity contribution in [3.63, 3.8) is 0 Å². The van der Waals surface area contributed by atoms with Gasteiger partial charge in [-0.05, 0) is 19.9 Å². The maximum Gasteiger partial charge on any atom is 0.513 e. The van der Waals surface area contributed by atoms with Crippen LogP contribution in [0.4, 0.5) is 9.59 Å². The Labute approximate surface area is 194 Å². The lowest BCUT2D eigenvalue weighted by molar-refractivity contribution is 0.0552. The van der Waals surface area contributed by atoms with Crippen LogP contribution in [0.1, 0.15) is 34.6 Å². The molecular formula is C23H23NO10. The van der Waals surface area contributed by atoms with Gasteiger partial charge in [-0.2, -0.15) is 0 Å². The molecule has 11 heteroatoms. The first-order chi connectivity index (χ1) is 16.4. The van der Waals surface area contributed by atoms with Crippen LogP contribution in [0.3, 0.4) is 0 Å². The van der Waals surface area contributed by atoms with Gasteiger partial charge < -0.3 is 28.4 Å². The van der Waals surface area contributed by atoms with Crippen LogP contribution in [-0.4, -0.2) is 63.3 Å². The summed E-state index contributed by atoms with van der Waals surface area (Å²) < 4.78 is 31.9. The molecule has 0 saturated carbocycles. The Kier molecular flexibility index (Phi) is 7.24. The second-order valence-corrected chi connectivity index (χ2v) is 6.66. The van der Waals surface area contributed by atoms with Crippen molar-refractivity contribution in [2.24, 2.45) is 0 Å². The van der Waals surface area contributed by atoms with Crippen LogP contribution in [0, 0.1) is 0 Å². The van der Waals surface area contributed by atoms with Crippen LogP contribution >= 0.6 is 0 Å². The molecule has 0 spiro atoms. The molecule has 0 aliphatic carbocycles. The van der Waals surface area contributed by atoms with Crippen LogP contribution in [0.5, 0.6) is 11.5 Å². The van der Waals surface area contributed by atoms with Crippen LogP contribution in [0.15, 0.2) is 24.3 Å². The van der Waals surface area contributed by atoms with E-state index in [-0.39, 0.29) is 41.2 Å². The van der Waals surface area contributed by atoms with Gasteiger partial charge in [0, 0.05) is 5.39 Å². The van der Waals surface area contributed by atoms with Crippen molar-refractivity contribution < 1.29 is 47.6 Å². The Hall–Kier alpha value is -4.28. The smallest absolute Gasteiger partial charge is 0.492 e. The molecule has 0 bridgehead atoms. The zero-order valence-corrected chi connectivity index (χ0v) is 19.3. The maximum atomic E-state index is 13.0. The van der Waals surface area contributed by atoms with Gasteiger partial charge in [0.1, 0.15) is 11.1 Å². The molecule has 1 aromatic heterocycles. The average Bonchev–Trinajstić information content (AvgIpc) is 3.18. The number of benzene rings is 2. The molecule has 1 heterocycles. The first-order valence-electron chi connectivity index (χ1n) is 10.2. The number of para-hydroxylation sites is 1. The normalized spacial score (nSPS) is 10.6. The fraction of sp³-hybridized carbons (Fsp3) is 0.304. The summed E-state index contributed by atoms with van der Waals surface area (Å²) in [7, 11) is 3.43. The maximum absolute atomic E-state index is 13.0. The third-order valence-electron chi connectivity index (χ3n) is 4.90. The molecular weight excluding hydrogens is 450 g/mol. The summed E-state index contributed by atoms with van der Waals surface area (Å²) in [4.78, 5) is 51.2. The van der Waals surface area contributed by atoms with Gasteiger partial charge in [0.15, 0.2) is 11.5 Å². The van der Waals surface area contributed by atoms with Crippen molar-refractivity contribution in [3.05, 3.63) is 35.4 Å². The van der Waals surface area contributed by atoms with Gasteiger partial charge in [-0.3, -0.25) is 0 Å². The molecule has 11 nitrogen and oxygen atoms in total. The van der Waals surface area contributed by atoms with E-state index in [1.807, 2.05) is 0 Å². The Balaban J connectivity index is 2.68. The number of ether oxygens (including phenoxy) is 6. The number of aromatic nitrogens is 1. The lowest BCUT2D eigenvalue weighted by Gasteiger charge is -2.18. The number of rotatable bonds is 6. The van der Waals surface area contributed by atoms with Crippen LogP contribution in [-0.2, 0) is 18.9 Å². The van der Waals surface area contributed by atoms with Gasteiger partial charge in [0.05, 0.1) is 51.0 Å². The Morgan fingerprint density at radius 2 is 1.44 bits per heavy atom. The zero-order chi connectivity index (χ0) is 25.0. The molecule has 0 unspecified atom stereocenters. The minimum absolute atomic E-state index is 0.0129. The van der Waals surface area contributed by atoms with E-state index in [4.69, 9.17) is 28.4 Å². The molecule has 0 N–H and O–H groups in total. The van der Waals surface area contributed by atoms with E-state index < -0.39 is 29.8 Å². The fourth-order valence-electron chi connectivity index (χ4n) is 3.66. The molecule has 180 valence electrons. The van der Waals surface area contributed by atoms with Crippen molar-refractivity contribution in [1.29, 1.82) is 0 Å². The molecule has 0 fully saturated rings. The summed E-state index contributed by atoms with van der Waals surface area (Å²) in [6.07, 6.45) is -1.92. The van der Waals surface area contributed by atoms with Gasteiger partial charge in [-0.15, -0.1) is 0 Å². The highest BCUT2D eigenvalue weighted by atomic mass is 16.7. The number of hydrogen-bond acceptors (Lipinski definition) is 10. The molecule has 0 saturated heterocycles. The predicted octanol–water partition coefficient (Wildman–Crippen LogP) is 3.92. The highest BCUT2D eigenvalue weighted by Gasteiger charge is 2.36. The third-order valence-corrected chi connectivity index (χ3v) is 4.90. The van der Waals surface area contributed by atoms with E-state index in [0.717, 1.165) is 18.8 Å². The summed E-state index contributed by atoms with van der Waals surface area (Å²) in [5, 5.41) is 0.534. The van der Waals surface area contributed by atoms with E-state index in [9.17, 15) is 19.2 Å². The average molecular weight is 473 g/mol. The first kappa shape index (κ1) is 24.4. The minimum Gasteiger partial charge on any atom is -0.492 e. The quantitative estimate of drug-likeness (QED) is 0.295. The Bertz CT molecular complexity index is 1290. The van der Waals surface area contributed by atoms with Crippen molar-refractivity contribution in [2.45, 2.75) is 13.8 Å². The highest BCUT2D eigenvalue weighted by Crippen LogP contribution is 2.47. The highest BCUT2D eigenvalue weighted by molar-refractivity contribution is 6.25. The molecule has 0 radical (unpaired) electrons. The first-order valence-corrected chi connectivity index (χ1v) is 10.2. The summed E-state index contributed by atoms with van der Waals surface area (Å²) in [6, 6.07) is 6.60. The summed E-state index contributed by atoms with van der Waals surface area (Å²) >= 11 is 0. The van der Waals surface area contributed by atoms with Crippen LogP contribution in [0.2, 0.25) is 0 Å². The molecule has 3 rings (SSSR count). The number of carbonyl (C=O) groups is 4. The van der Waals surface area contributed by atoms with Crippen molar-refractivity contribution in [2.75, 3.05) is 34.5 Å². The second-order valence-electron chi connectivity index (χ2n) is 6.66. The predicted molar refractivity (Wildman–Crippen MR) is 119 cm³/mol. The SMILES string of the molecule is CCOC(=O)Oc1c(OC)c(C(=O)OC)c(C(=O)OC)c2c1c1ccccc1n2C(=O)OCC. The fourth-order valence-corrected chi connectivity index (χ4v) is 3.66. The van der Waals surface area contributed by atoms with Gasteiger partial charge in [0.2, 0.25) is 0 Å². The lowest BCUT2D eigenvalue weighted by Crippen LogP contribution is -2.20. The summed E-state index contributed by atoms with van der Waals surface area (Å²) in [5.41, 5.74) is -0.510. The number of carbonyl (C=O) groups excluding carboxylic acids is 4. The third kappa shape index (κ3) is 3.96. The molecule has 0 amide bonds. The molecule has 2 aromatic carbocycles. The zero-order valence-electron chi connectivity index (χ0n) is 19.3. The number of methoxy groups -OCH3 is 3. The molecule has 0 aliphatic rings. The summed E-state index contributed by atoms with van der Waals surface area (Å²) in [5.74, 6) is -2.48. The molecule has 34 heavy (non-hydrogen) atoms. The standard InChI is InChI=1S/C23H23NO10/c1-6-32-22(27)24-13-11-9-8-10-12(13)14-17(24)15(20(25)30-4)16(21(26)31-5)18(29-3)19(14)34-23(28)33-7-2/h8-11H,6-7H2,1-5H3. The second kappa shape index (κ2) is 10.1. The monoisotopic (exact) mass is 473 g/mol. The van der Waals surface area contributed by atoms with Gasteiger partial charge >= 0.3 is 24.2 Å². The molecule has 0 aliphatic heterocycles. The van der Waals surface area contributed by atoms with E-state index in [2.05, 4.69) is 0 Å². The van der Waals surface area contributed by atoms with E-state index >= 15 is 0 Å². The largest absolute Gasteiger partial charge is 0.513 e. The van der Waals surface area contributed by atoms with Gasteiger partial charge in [-0.1, -0.05) is 18.2 Å². The summed E-state index contributed by atoms with van der Waals surface area (Å²) in [6.45, 7) is 3.25. The lowest BCUT2D eigenvalue weighted by atomic mass is 9.99. The molecule has 0 atom stereocenters. The van der Waals surface area contributed by atoms with Crippen LogP contribution in [0.25, 0.3) is 21.8 Å². The molecule has 3 aromatic rings. The number of nitrogens with zero attached hydrogens (tertiary/aromatic N) is 1. The van der Waals surface area contributed by atoms with Crippen molar-refractivity contribution in [1.82, 2.24) is 4.57 Å². The topological polar surface area (TPSA) is 129 Å². The van der Waals surface area contributed by atoms with Crippen molar-refractivity contribution >= 4 is 46.0 Å². The van der Waals surface area contributed by atoms with Gasteiger partial charge in [0.25, 0.3) is 0 Å².